The molecular weight excluding hydrogens is 278 g/mol. The van der Waals surface area contributed by atoms with E-state index < -0.39 is 30.4 Å². The lowest BCUT2D eigenvalue weighted by atomic mass is 9.64. The third-order valence-corrected chi connectivity index (χ3v) is 3.86. The van der Waals surface area contributed by atoms with Gasteiger partial charge in [0, 0.05) is 18.1 Å². The van der Waals surface area contributed by atoms with Crippen molar-refractivity contribution in [2.24, 2.45) is 11.1 Å². The van der Waals surface area contributed by atoms with Gasteiger partial charge >= 0.3 is 12.0 Å². The van der Waals surface area contributed by atoms with Gasteiger partial charge in [-0.25, -0.2) is 9.59 Å². The lowest BCUT2D eigenvalue weighted by Crippen LogP contribution is -2.64. The van der Waals surface area contributed by atoms with Gasteiger partial charge in [-0.2, -0.15) is 0 Å². The fourth-order valence-electron chi connectivity index (χ4n) is 2.37. The van der Waals surface area contributed by atoms with Crippen LogP contribution in [0.3, 0.4) is 0 Å². The Kier molecular flexibility index (Phi) is 5.54. The van der Waals surface area contributed by atoms with E-state index in [0.29, 0.717) is 13.0 Å². The molecule has 5 N–H and O–H groups in total. The smallest absolute Gasteiger partial charge is 0.326 e. The summed E-state index contributed by atoms with van der Waals surface area (Å²) in [7, 11) is 0. The first-order chi connectivity index (χ1) is 9.68. The van der Waals surface area contributed by atoms with Crippen molar-refractivity contribution < 1.29 is 24.2 Å². The van der Waals surface area contributed by atoms with Gasteiger partial charge in [0.2, 0.25) is 5.91 Å². The molecule has 8 nitrogen and oxygen atoms in total. The van der Waals surface area contributed by atoms with Crippen LogP contribution in [0.1, 0.15) is 33.6 Å². The molecule has 1 rings (SSSR count). The Hall–Kier alpha value is -1.83. The first-order valence-electron chi connectivity index (χ1n) is 6.88. The summed E-state index contributed by atoms with van der Waals surface area (Å²) < 4.78 is 5.55. The van der Waals surface area contributed by atoms with Gasteiger partial charge in [0.05, 0.1) is 12.5 Å². The van der Waals surface area contributed by atoms with Crippen LogP contribution in [0.15, 0.2) is 0 Å². The van der Waals surface area contributed by atoms with Crippen molar-refractivity contribution in [2.45, 2.75) is 51.8 Å². The van der Waals surface area contributed by atoms with Crippen molar-refractivity contribution in [3.05, 3.63) is 0 Å². The Morgan fingerprint density at radius 2 is 2.05 bits per heavy atom. The molecule has 8 heteroatoms. The molecule has 0 saturated heterocycles. The van der Waals surface area contributed by atoms with E-state index in [0.717, 1.165) is 0 Å². The Bertz CT molecular complexity index is 424. The minimum atomic E-state index is -1.33. The van der Waals surface area contributed by atoms with Crippen molar-refractivity contribution in [1.82, 2.24) is 10.6 Å². The molecule has 1 aliphatic carbocycles. The number of carboxylic acid groups (broad SMARTS) is 1. The summed E-state index contributed by atoms with van der Waals surface area (Å²) in [4.78, 5) is 33.5. The Morgan fingerprint density at radius 1 is 1.43 bits per heavy atom. The van der Waals surface area contributed by atoms with Crippen molar-refractivity contribution in [3.63, 3.8) is 0 Å². The molecule has 0 aliphatic heterocycles. The fourth-order valence-corrected chi connectivity index (χ4v) is 2.37. The molecule has 0 aromatic rings. The Balaban J connectivity index is 2.50. The third kappa shape index (κ3) is 4.32. The average molecular weight is 301 g/mol. The molecule has 120 valence electrons. The number of carboxylic acids is 1. The van der Waals surface area contributed by atoms with E-state index in [1.165, 1.54) is 0 Å². The van der Waals surface area contributed by atoms with Crippen molar-refractivity contribution in [3.8, 4) is 0 Å². The minimum Gasteiger partial charge on any atom is -0.480 e. The number of amides is 3. The molecule has 0 heterocycles. The lowest BCUT2D eigenvalue weighted by Gasteiger charge is -2.51. The molecule has 0 aromatic heterocycles. The van der Waals surface area contributed by atoms with Crippen LogP contribution in [0, 0.1) is 5.41 Å². The second-order valence-electron chi connectivity index (χ2n) is 5.73. The second-order valence-corrected chi connectivity index (χ2v) is 5.73. The maximum absolute atomic E-state index is 11.8. The number of aliphatic carboxylic acids is 1. The number of primary amides is 1. The molecule has 0 bridgehead atoms. The summed E-state index contributed by atoms with van der Waals surface area (Å²) in [5.41, 5.74) is 4.72. The van der Waals surface area contributed by atoms with Gasteiger partial charge in [-0.05, 0) is 13.3 Å². The average Bonchev–Trinajstić information content (AvgIpc) is 2.36. The van der Waals surface area contributed by atoms with Gasteiger partial charge in [-0.1, -0.05) is 13.8 Å². The van der Waals surface area contributed by atoms with Gasteiger partial charge < -0.3 is 26.2 Å². The number of hydrogen-bond donors (Lipinski definition) is 4. The summed E-state index contributed by atoms with van der Waals surface area (Å²) in [5, 5.41) is 13.9. The number of nitrogens with two attached hydrogens (primary N) is 1. The number of rotatable bonds is 7. The van der Waals surface area contributed by atoms with Crippen LogP contribution in [0.5, 0.6) is 0 Å². The second kappa shape index (κ2) is 6.75. The van der Waals surface area contributed by atoms with Crippen LogP contribution < -0.4 is 16.4 Å². The standard InChI is InChI=1S/C13H23N3O5/c1-4-21-9-6-8(13(9,2)3)16-12(20)15-7(11(18)19)5-10(14)17/h7-9H,4-6H2,1-3H3,(H2,14,17)(H,18,19)(H2,15,16,20). The van der Waals surface area contributed by atoms with E-state index in [1.54, 1.807) is 0 Å². The Morgan fingerprint density at radius 3 is 2.48 bits per heavy atom. The predicted octanol–water partition coefficient (Wildman–Crippen LogP) is -0.182. The minimum absolute atomic E-state index is 0.0636. The number of ether oxygens (including phenoxy) is 1. The zero-order valence-electron chi connectivity index (χ0n) is 12.5. The molecule has 1 saturated carbocycles. The molecule has 1 aliphatic rings. The van der Waals surface area contributed by atoms with E-state index in [4.69, 9.17) is 15.6 Å². The monoisotopic (exact) mass is 301 g/mol. The summed E-state index contributed by atoms with van der Waals surface area (Å²) in [6, 6.07) is -2.07. The molecule has 1 fully saturated rings. The predicted molar refractivity (Wildman–Crippen MR) is 74.5 cm³/mol. The van der Waals surface area contributed by atoms with E-state index in [1.807, 2.05) is 20.8 Å². The summed E-state index contributed by atoms with van der Waals surface area (Å²) >= 11 is 0. The van der Waals surface area contributed by atoms with Gasteiger partial charge in [0.1, 0.15) is 6.04 Å². The first-order valence-corrected chi connectivity index (χ1v) is 6.88. The maximum Gasteiger partial charge on any atom is 0.326 e. The lowest BCUT2D eigenvalue weighted by molar-refractivity contribution is -0.141. The molecule has 21 heavy (non-hydrogen) atoms. The molecule has 3 atom stereocenters. The number of carbonyl (C=O) groups is 3. The Labute approximate surface area is 123 Å². The molecule has 0 aromatic carbocycles. The van der Waals surface area contributed by atoms with Crippen LogP contribution in [-0.4, -0.2) is 47.8 Å². The molecular formula is C13H23N3O5. The molecule has 3 amide bonds. The normalized spacial score (nSPS) is 24.5. The topological polar surface area (TPSA) is 131 Å². The van der Waals surface area contributed by atoms with E-state index >= 15 is 0 Å². The van der Waals surface area contributed by atoms with Gasteiger partial charge in [-0.15, -0.1) is 0 Å². The number of nitrogens with one attached hydrogen (secondary N) is 2. The number of hydrogen-bond acceptors (Lipinski definition) is 4. The van der Waals surface area contributed by atoms with Crippen molar-refractivity contribution >= 4 is 17.9 Å². The highest BCUT2D eigenvalue weighted by atomic mass is 16.5. The van der Waals surface area contributed by atoms with Crippen molar-refractivity contribution in [2.75, 3.05) is 6.61 Å². The van der Waals surface area contributed by atoms with Crippen LogP contribution in [0.2, 0.25) is 0 Å². The molecule has 3 unspecified atom stereocenters. The van der Waals surface area contributed by atoms with Crippen LogP contribution >= 0.6 is 0 Å². The zero-order chi connectivity index (χ0) is 16.2. The van der Waals surface area contributed by atoms with Crippen LogP contribution in [-0.2, 0) is 14.3 Å². The van der Waals surface area contributed by atoms with E-state index in [-0.39, 0.29) is 17.6 Å². The molecule has 0 spiro atoms. The maximum atomic E-state index is 11.8. The van der Waals surface area contributed by atoms with Gasteiger partial charge in [0.15, 0.2) is 0 Å². The van der Waals surface area contributed by atoms with E-state index in [9.17, 15) is 14.4 Å². The fraction of sp³-hybridized carbons (Fsp3) is 0.769. The summed E-state index contributed by atoms with van der Waals surface area (Å²) in [6.45, 7) is 6.46. The zero-order valence-corrected chi connectivity index (χ0v) is 12.5. The largest absolute Gasteiger partial charge is 0.480 e. The van der Waals surface area contributed by atoms with Crippen LogP contribution in [0.25, 0.3) is 0 Å². The number of carbonyl (C=O) groups excluding carboxylic acids is 2. The highest BCUT2D eigenvalue weighted by Gasteiger charge is 2.49. The van der Waals surface area contributed by atoms with Gasteiger partial charge in [-0.3, -0.25) is 4.79 Å². The van der Waals surface area contributed by atoms with E-state index in [2.05, 4.69) is 10.6 Å². The summed E-state index contributed by atoms with van der Waals surface area (Å²) in [5.74, 6) is -2.09. The van der Waals surface area contributed by atoms with Gasteiger partial charge in [0.25, 0.3) is 0 Å². The van der Waals surface area contributed by atoms with Crippen LogP contribution in [0.4, 0.5) is 4.79 Å². The summed E-state index contributed by atoms with van der Waals surface area (Å²) in [6.07, 6.45) is 0.286. The third-order valence-electron chi connectivity index (χ3n) is 3.86. The number of urea groups is 1. The quantitative estimate of drug-likeness (QED) is 0.518. The SMILES string of the molecule is CCOC1CC(NC(=O)NC(CC(N)=O)C(=O)O)C1(C)C. The molecule has 0 radical (unpaired) electrons. The van der Waals surface area contributed by atoms with Crippen molar-refractivity contribution in [1.29, 1.82) is 0 Å². The first kappa shape index (κ1) is 17.2. The highest BCUT2D eigenvalue weighted by molar-refractivity contribution is 5.87. The highest BCUT2D eigenvalue weighted by Crippen LogP contribution is 2.42.